The fourth-order valence-corrected chi connectivity index (χ4v) is 3.48. The molecule has 0 atom stereocenters. The Bertz CT molecular complexity index is 820. The van der Waals surface area contributed by atoms with Crippen molar-refractivity contribution in [3.8, 4) is 11.5 Å². The Hall–Kier alpha value is -2.80. The van der Waals surface area contributed by atoms with E-state index in [-0.39, 0.29) is 18.5 Å². The molecule has 0 aromatic heterocycles. The van der Waals surface area contributed by atoms with Gasteiger partial charge >= 0.3 is 0 Å². The van der Waals surface area contributed by atoms with Crippen molar-refractivity contribution in [1.82, 2.24) is 10.2 Å². The summed E-state index contributed by atoms with van der Waals surface area (Å²) < 4.78 is 23.7. The molecule has 0 radical (unpaired) electrons. The number of amides is 1. The molecule has 2 aliphatic heterocycles. The van der Waals surface area contributed by atoms with Gasteiger partial charge in [-0.2, -0.15) is 0 Å². The summed E-state index contributed by atoms with van der Waals surface area (Å²) in [4.78, 5) is 16.7. The second-order valence-corrected chi connectivity index (χ2v) is 7.02. The fourth-order valence-electron chi connectivity index (χ4n) is 3.48. The molecule has 0 saturated carbocycles. The van der Waals surface area contributed by atoms with Crippen molar-refractivity contribution < 1.29 is 18.7 Å². The second kappa shape index (κ2) is 8.48. The highest BCUT2D eigenvalue weighted by Gasteiger charge is 2.18. The third kappa shape index (κ3) is 4.54. The van der Waals surface area contributed by atoms with Gasteiger partial charge in [-0.3, -0.25) is 9.69 Å². The molecule has 0 bridgehead atoms. The van der Waals surface area contributed by atoms with Gasteiger partial charge in [0.15, 0.2) is 11.5 Å². The Balaban J connectivity index is 1.17. The second-order valence-electron chi connectivity index (χ2n) is 7.02. The summed E-state index contributed by atoms with van der Waals surface area (Å²) in [6.07, 6.45) is 0.473. The number of benzene rings is 2. The smallest absolute Gasteiger partial charge is 0.231 e. The van der Waals surface area contributed by atoms with E-state index < -0.39 is 0 Å². The predicted octanol–water partition coefficient (Wildman–Crippen LogP) is 2.38. The molecular weight excluding hydrogens is 361 g/mol. The number of fused-ring (bicyclic) bond motifs is 1. The minimum absolute atomic E-state index is 0.0404. The number of ether oxygens (including phenoxy) is 2. The minimum Gasteiger partial charge on any atom is -0.454 e. The van der Waals surface area contributed by atoms with Crippen LogP contribution in [0.25, 0.3) is 0 Å². The zero-order valence-electron chi connectivity index (χ0n) is 15.7. The van der Waals surface area contributed by atoms with Gasteiger partial charge in [-0.25, -0.2) is 4.39 Å². The molecule has 1 amide bonds. The molecular formula is C21H24FN3O3. The van der Waals surface area contributed by atoms with Crippen molar-refractivity contribution >= 4 is 11.6 Å². The molecule has 1 saturated heterocycles. The summed E-state index contributed by atoms with van der Waals surface area (Å²) in [6, 6.07) is 12.3. The number of nitrogens with zero attached hydrogens (tertiary/aromatic N) is 2. The molecule has 0 spiro atoms. The topological polar surface area (TPSA) is 54.0 Å². The van der Waals surface area contributed by atoms with E-state index in [1.807, 2.05) is 30.3 Å². The summed E-state index contributed by atoms with van der Waals surface area (Å²) in [6.45, 7) is 5.02. The van der Waals surface area contributed by atoms with E-state index in [1.165, 1.54) is 12.1 Å². The van der Waals surface area contributed by atoms with E-state index in [0.29, 0.717) is 13.0 Å². The van der Waals surface area contributed by atoms with E-state index in [1.54, 1.807) is 0 Å². The first-order valence-electron chi connectivity index (χ1n) is 9.55. The molecule has 4 rings (SSSR count). The highest BCUT2D eigenvalue weighted by atomic mass is 19.1. The van der Waals surface area contributed by atoms with Gasteiger partial charge in [-0.05, 0) is 42.0 Å². The monoisotopic (exact) mass is 385 g/mol. The number of carbonyl (C=O) groups is 1. The average Bonchev–Trinajstić information content (AvgIpc) is 3.19. The molecule has 0 unspecified atom stereocenters. The van der Waals surface area contributed by atoms with Crippen molar-refractivity contribution in [2.75, 3.05) is 44.4 Å². The first-order chi connectivity index (χ1) is 13.7. The third-order valence-corrected chi connectivity index (χ3v) is 5.15. The van der Waals surface area contributed by atoms with E-state index in [9.17, 15) is 9.18 Å². The molecule has 6 nitrogen and oxygen atoms in total. The van der Waals surface area contributed by atoms with Crippen LogP contribution in [0.4, 0.5) is 10.1 Å². The number of rotatable bonds is 6. The molecule has 2 aliphatic rings. The normalized spacial score (nSPS) is 16.2. The third-order valence-electron chi connectivity index (χ3n) is 5.15. The lowest BCUT2D eigenvalue weighted by Gasteiger charge is -2.36. The SMILES string of the molecule is O=C(CCN1CCN(c2ccc(F)cc2)CC1)NCc1ccc2c(c1)OCO2. The Morgan fingerprint density at radius 1 is 1.00 bits per heavy atom. The maximum absolute atomic E-state index is 13.0. The standard InChI is InChI=1S/C21H24FN3O3/c22-17-2-4-18(5-3-17)25-11-9-24(10-12-25)8-7-21(26)23-14-16-1-6-19-20(13-16)28-15-27-19/h1-6,13H,7-12,14-15H2,(H,23,26). The molecule has 0 aliphatic carbocycles. The number of nitrogens with one attached hydrogen (secondary N) is 1. The van der Waals surface area contributed by atoms with Crippen LogP contribution in [0.2, 0.25) is 0 Å². The summed E-state index contributed by atoms with van der Waals surface area (Å²) in [5, 5.41) is 2.96. The lowest BCUT2D eigenvalue weighted by molar-refractivity contribution is -0.121. The number of halogens is 1. The van der Waals surface area contributed by atoms with Crippen LogP contribution in [-0.2, 0) is 11.3 Å². The first-order valence-corrected chi connectivity index (χ1v) is 9.55. The summed E-state index contributed by atoms with van der Waals surface area (Å²) in [7, 11) is 0. The van der Waals surface area contributed by atoms with Crippen LogP contribution in [0.5, 0.6) is 11.5 Å². The molecule has 1 fully saturated rings. The Labute approximate surface area is 163 Å². The zero-order chi connectivity index (χ0) is 19.3. The van der Waals surface area contributed by atoms with Gasteiger partial charge < -0.3 is 19.7 Å². The Morgan fingerprint density at radius 3 is 2.54 bits per heavy atom. The Kier molecular flexibility index (Phi) is 5.62. The fraction of sp³-hybridized carbons (Fsp3) is 0.381. The molecule has 7 heteroatoms. The van der Waals surface area contributed by atoms with Crippen molar-refractivity contribution in [3.63, 3.8) is 0 Å². The summed E-state index contributed by atoms with van der Waals surface area (Å²) in [5.74, 6) is 1.30. The first kappa shape index (κ1) is 18.6. The molecule has 148 valence electrons. The van der Waals surface area contributed by atoms with Crippen LogP contribution in [0.3, 0.4) is 0 Å². The van der Waals surface area contributed by atoms with Crippen molar-refractivity contribution in [1.29, 1.82) is 0 Å². The van der Waals surface area contributed by atoms with Crippen molar-refractivity contribution in [2.24, 2.45) is 0 Å². The lowest BCUT2D eigenvalue weighted by atomic mass is 10.2. The Morgan fingerprint density at radius 2 is 1.75 bits per heavy atom. The van der Waals surface area contributed by atoms with Crippen LogP contribution >= 0.6 is 0 Å². The van der Waals surface area contributed by atoms with Crippen LogP contribution < -0.4 is 19.7 Å². The summed E-state index contributed by atoms with van der Waals surface area (Å²) in [5.41, 5.74) is 2.04. The van der Waals surface area contributed by atoms with Gasteiger partial charge in [0.1, 0.15) is 5.82 Å². The van der Waals surface area contributed by atoms with Crippen molar-refractivity contribution in [2.45, 2.75) is 13.0 Å². The van der Waals surface area contributed by atoms with E-state index in [2.05, 4.69) is 15.1 Å². The van der Waals surface area contributed by atoms with Crippen molar-refractivity contribution in [3.05, 3.63) is 53.8 Å². The molecule has 2 aromatic carbocycles. The molecule has 28 heavy (non-hydrogen) atoms. The van der Waals surface area contributed by atoms with Gasteiger partial charge in [-0.15, -0.1) is 0 Å². The highest BCUT2D eigenvalue weighted by Crippen LogP contribution is 2.32. The maximum Gasteiger partial charge on any atom is 0.231 e. The van der Waals surface area contributed by atoms with E-state index in [0.717, 1.165) is 55.5 Å². The summed E-state index contributed by atoms with van der Waals surface area (Å²) >= 11 is 0. The molecule has 2 heterocycles. The van der Waals surface area contributed by atoms with Crippen LogP contribution in [-0.4, -0.2) is 50.3 Å². The van der Waals surface area contributed by atoms with E-state index >= 15 is 0 Å². The van der Waals surface area contributed by atoms with Crippen LogP contribution in [0.1, 0.15) is 12.0 Å². The van der Waals surface area contributed by atoms with Gasteiger partial charge in [0.2, 0.25) is 12.7 Å². The number of hydrogen-bond donors (Lipinski definition) is 1. The number of anilines is 1. The van der Waals surface area contributed by atoms with Gasteiger partial charge in [-0.1, -0.05) is 6.07 Å². The maximum atomic E-state index is 13.0. The van der Waals surface area contributed by atoms with Crippen LogP contribution in [0, 0.1) is 5.82 Å². The zero-order valence-corrected chi connectivity index (χ0v) is 15.7. The van der Waals surface area contributed by atoms with Crippen LogP contribution in [0.15, 0.2) is 42.5 Å². The quantitative estimate of drug-likeness (QED) is 0.828. The lowest BCUT2D eigenvalue weighted by Crippen LogP contribution is -2.47. The largest absolute Gasteiger partial charge is 0.454 e. The van der Waals surface area contributed by atoms with E-state index in [4.69, 9.17) is 9.47 Å². The van der Waals surface area contributed by atoms with Gasteiger partial charge in [0, 0.05) is 51.4 Å². The predicted molar refractivity (Wildman–Crippen MR) is 104 cm³/mol. The average molecular weight is 385 g/mol. The highest BCUT2D eigenvalue weighted by molar-refractivity contribution is 5.76. The number of piperazine rings is 1. The van der Waals surface area contributed by atoms with Gasteiger partial charge in [0.05, 0.1) is 0 Å². The van der Waals surface area contributed by atoms with Gasteiger partial charge in [0.25, 0.3) is 0 Å². The molecule has 1 N–H and O–H groups in total. The number of hydrogen-bond acceptors (Lipinski definition) is 5. The minimum atomic E-state index is -0.214. The number of carbonyl (C=O) groups excluding carboxylic acids is 1. The molecule has 2 aromatic rings.